The predicted molar refractivity (Wildman–Crippen MR) is 68.7 cm³/mol. The Morgan fingerprint density at radius 3 is 2.72 bits per heavy atom. The smallest absolute Gasteiger partial charge is 0.0771 e. The van der Waals surface area contributed by atoms with E-state index in [1.54, 1.807) is 0 Å². The minimum Gasteiger partial charge on any atom is -0.380 e. The maximum Gasteiger partial charge on any atom is 0.0771 e. The van der Waals surface area contributed by atoms with Gasteiger partial charge < -0.3 is 14.8 Å². The molecular weight excluding hydrogens is 230 g/mol. The van der Waals surface area contributed by atoms with Crippen LogP contribution in [-0.4, -0.2) is 41.7 Å². The molecule has 0 aromatic carbocycles. The van der Waals surface area contributed by atoms with Gasteiger partial charge in [0.15, 0.2) is 0 Å². The molecule has 2 atom stereocenters. The lowest BCUT2D eigenvalue weighted by molar-refractivity contribution is 0.0940. The Bertz CT molecular complexity index is 368. The summed E-state index contributed by atoms with van der Waals surface area (Å²) in [6.45, 7) is 3.55. The van der Waals surface area contributed by atoms with Gasteiger partial charge in [0.25, 0.3) is 0 Å². The lowest BCUT2D eigenvalue weighted by Gasteiger charge is -2.10. The van der Waals surface area contributed by atoms with Gasteiger partial charge in [0.2, 0.25) is 0 Å². The number of aromatic nitrogens is 2. The summed E-state index contributed by atoms with van der Waals surface area (Å²) >= 11 is 0. The second-order valence-electron chi connectivity index (χ2n) is 5.10. The minimum absolute atomic E-state index is 0.343. The second-order valence-corrected chi connectivity index (χ2v) is 5.10. The van der Waals surface area contributed by atoms with Crippen LogP contribution in [0.3, 0.4) is 0 Å². The molecule has 0 saturated carbocycles. The molecule has 0 bridgehead atoms. The van der Waals surface area contributed by atoms with Crippen molar-refractivity contribution in [3.8, 4) is 0 Å². The van der Waals surface area contributed by atoms with Crippen molar-refractivity contribution < 1.29 is 9.47 Å². The van der Waals surface area contributed by atoms with Crippen molar-refractivity contribution in [1.29, 1.82) is 0 Å². The average Bonchev–Trinajstić information content (AvgIpc) is 3.09. The molecule has 2 unspecified atom stereocenters. The molecule has 3 heterocycles. The highest BCUT2D eigenvalue weighted by Gasteiger charge is 2.17. The molecule has 5 nitrogen and oxygen atoms in total. The number of nitrogens with one attached hydrogen (secondary N) is 1. The molecule has 2 aliphatic rings. The fraction of sp³-hybridized carbons (Fsp3) is 0.769. The van der Waals surface area contributed by atoms with Crippen LogP contribution in [0.25, 0.3) is 0 Å². The predicted octanol–water partition coefficient (Wildman–Crippen LogP) is 1.65. The topological polar surface area (TPSA) is 48.3 Å². The summed E-state index contributed by atoms with van der Waals surface area (Å²) in [5, 5.41) is 7.74. The first kappa shape index (κ1) is 12.0. The summed E-state index contributed by atoms with van der Waals surface area (Å²) in [5.41, 5.74) is 1.07. The highest BCUT2D eigenvalue weighted by molar-refractivity contribution is 5.38. The minimum atomic E-state index is 0.343. The van der Waals surface area contributed by atoms with Gasteiger partial charge in [-0.05, 0) is 25.7 Å². The third-order valence-corrected chi connectivity index (χ3v) is 3.61. The molecule has 1 N–H and O–H groups in total. The van der Waals surface area contributed by atoms with E-state index in [1.165, 1.54) is 12.8 Å². The van der Waals surface area contributed by atoms with Crippen molar-refractivity contribution in [1.82, 2.24) is 9.78 Å². The van der Waals surface area contributed by atoms with Gasteiger partial charge in [0, 0.05) is 26.0 Å². The second kappa shape index (κ2) is 5.71. The summed E-state index contributed by atoms with van der Waals surface area (Å²) in [6.07, 6.45) is 9.32. The molecule has 0 amide bonds. The van der Waals surface area contributed by atoms with Crippen molar-refractivity contribution >= 4 is 5.69 Å². The molecule has 2 fully saturated rings. The Kier molecular flexibility index (Phi) is 3.81. The first-order valence-corrected chi connectivity index (χ1v) is 6.90. The molecule has 0 radical (unpaired) electrons. The molecule has 2 saturated heterocycles. The van der Waals surface area contributed by atoms with Crippen molar-refractivity contribution in [2.45, 2.75) is 44.4 Å². The Morgan fingerprint density at radius 1 is 1.22 bits per heavy atom. The maximum atomic E-state index is 5.61. The molecule has 1 aromatic heterocycles. The van der Waals surface area contributed by atoms with Gasteiger partial charge in [-0.15, -0.1) is 0 Å². The third kappa shape index (κ3) is 3.03. The monoisotopic (exact) mass is 251 g/mol. The number of anilines is 1. The fourth-order valence-corrected chi connectivity index (χ4v) is 2.59. The van der Waals surface area contributed by atoms with Gasteiger partial charge in [0.1, 0.15) is 0 Å². The number of hydrogen-bond donors (Lipinski definition) is 1. The molecule has 0 aliphatic carbocycles. The molecule has 3 rings (SSSR count). The van der Waals surface area contributed by atoms with Crippen molar-refractivity contribution in [2.75, 3.05) is 25.1 Å². The van der Waals surface area contributed by atoms with Crippen molar-refractivity contribution in [3.05, 3.63) is 12.4 Å². The molecule has 5 heteroatoms. The summed E-state index contributed by atoms with van der Waals surface area (Å²) < 4.78 is 13.2. The van der Waals surface area contributed by atoms with E-state index in [4.69, 9.17) is 9.47 Å². The van der Waals surface area contributed by atoms with Gasteiger partial charge in [-0.2, -0.15) is 5.10 Å². The van der Waals surface area contributed by atoms with Gasteiger partial charge in [-0.1, -0.05) is 0 Å². The van der Waals surface area contributed by atoms with Crippen molar-refractivity contribution in [2.24, 2.45) is 0 Å². The Balaban J connectivity index is 1.46. The molecule has 100 valence electrons. The van der Waals surface area contributed by atoms with E-state index in [-0.39, 0.29) is 0 Å². The van der Waals surface area contributed by atoms with E-state index in [9.17, 15) is 0 Å². The summed E-state index contributed by atoms with van der Waals surface area (Å²) in [5.74, 6) is 0. The van der Waals surface area contributed by atoms with E-state index in [1.807, 2.05) is 10.9 Å². The van der Waals surface area contributed by atoms with Gasteiger partial charge >= 0.3 is 0 Å². The highest BCUT2D eigenvalue weighted by atomic mass is 16.5. The van der Waals surface area contributed by atoms with Crippen LogP contribution < -0.4 is 5.32 Å². The molecule has 1 aromatic rings. The van der Waals surface area contributed by atoms with Crippen LogP contribution >= 0.6 is 0 Å². The highest BCUT2D eigenvalue weighted by Crippen LogP contribution is 2.16. The summed E-state index contributed by atoms with van der Waals surface area (Å²) in [6, 6.07) is 0. The van der Waals surface area contributed by atoms with Crippen LogP contribution in [0.5, 0.6) is 0 Å². The average molecular weight is 251 g/mol. The third-order valence-electron chi connectivity index (χ3n) is 3.61. The Hall–Kier alpha value is -1.07. The van der Waals surface area contributed by atoms with Gasteiger partial charge in [-0.3, -0.25) is 4.68 Å². The van der Waals surface area contributed by atoms with E-state index >= 15 is 0 Å². The molecule has 18 heavy (non-hydrogen) atoms. The summed E-state index contributed by atoms with van der Waals surface area (Å²) in [4.78, 5) is 0. The van der Waals surface area contributed by atoms with Gasteiger partial charge in [-0.25, -0.2) is 0 Å². The number of ether oxygens (including phenoxy) is 2. The van der Waals surface area contributed by atoms with E-state index < -0.39 is 0 Å². The molecular formula is C13H21N3O2. The SMILES string of the molecule is c1nn(CC2CCCO2)cc1NCC1CCCO1. The van der Waals surface area contributed by atoms with E-state index in [2.05, 4.69) is 16.6 Å². The van der Waals surface area contributed by atoms with Gasteiger partial charge in [0.05, 0.1) is 30.6 Å². The van der Waals surface area contributed by atoms with Crippen LogP contribution in [0.4, 0.5) is 5.69 Å². The largest absolute Gasteiger partial charge is 0.380 e. The maximum absolute atomic E-state index is 5.61. The van der Waals surface area contributed by atoms with Crippen molar-refractivity contribution in [3.63, 3.8) is 0 Å². The van der Waals surface area contributed by atoms with E-state index in [0.717, 1.165) is 44.8 Å². The van der Waals surface area contributed by atoms with Crippen LogP contribution in [-0.2, 0) is 16.0 Å². The Labute approximate surface area is 107 Å². The number of rotatable bonds is 5. The molecule has 2 aliphatic heterocycles. The Morgan fingerprint density at radius 2 is 2.00 bits per heavy atom. The first-order chi connectivity index (χ1) is 8.90. The lowest BCUT2D eigenvalue weighted by Crippen LogP contribution is -2.18. The molecule has 0 spiro atoms. The number of nitrogens with zero attached hydrogens (tertiary/aromatic N) is 2. The zero-order valence-corrected chi connectivity index (χ0v) is 10.7. The number of hydrogen-bond acceptors (Lipinski definition) is 4. The fourth-order valence-electron chi connectivity index (χ4n) is 2.59. The van der Waals surface area contributed by atoms with Crippen LogP contribution in [0.15, 0.2) is 12.4 Å². The van der Waals surface area contributed by atoms with Crippen LogP contribution in [0.1, 0.15) is 25.7 Å². The van der Waals surface area contributed by atoms with E-state index in [0.29, 0.717) is 12.2 Å². The summed E-state index contributed by atoms with van der Waals surface area (Å²) in [7, 11) is 0. The normalized spacial score (nSPS) is 27.8. The zero-order valence-electron chi connectivity index (χ0n) is 10.7. The quantitative estimate of drug-likeness (QED) is 0.864. The standard InChI is InChI=1S/C13H21N3O2/c1-3-12(17-5-1)8-14-11-7-15-16(9-11)10-13-4-2-6-18-13/h7,9,12-14H,1-6,8,10H2. The zero-order chi connectivity index (χ0) is 12.2. The lowest BCUT2D eigenvalue weighted by atomic mass is 10.2. The first-order valence-electron chi connectivity index (χ1n) is 6.90. The van der Waals surface area contributed by atoms with Crippen LogP contribution in [0, 0.1) is 0 Å². The van der Waals surface area contributed by atoms with Crippen LogP contribution in [0.2, 0.25) is 0 Å².